The standard InChI is InChI=1S/C15H15ClN6O/c1-9(23)15-20-14(21-22-15)7-17-13-6-12(18-8-19-13)10-3-2-4-11(16)5-10/h2-6,8-9,23H,7H2,1H3,(H,17,18,19)(H,20,21,22)/t9-/m0/s1. The fourth-order valence-electron chi connectivity index (χ4n) is 2.01. The minimum atomic E-state index is -0.700. The van der Waals surface area contributed by atoms with E-state index in [1.54, 1.807) is 6.92 Å². The largest absolute Gasteiger partial charge is 0.385 e. The number of hydrogen-bond acceptors (Lipinski definition) is 6. The quantitative estimate of drug-likeness (QED) is 0.665. The van der Waals surface area contributed by atoms with E-state index in [2.05, 4.69) is 30.5 Å². The third kappa shape index (κ3) is 3.82. The van der Waals surface area contributed by atoms with Gasteiger partial charge in [0.05, 0.1) is 12.2 Å². The Morgan fingerprint density at radius 1 is 1.30 bits per heavy atom. The lowest BCUT2D eigenvalue weighted by atomic mass is 10.1. The second-order valence-corrected chi connectivity index (χ2v) is 5.41. The predicted octanol–water partition coefficient (Wildman–Crippen LogP) is 2.58. The van der Waals surface area contributed by atoms with Crippen molar-refractivity contribution in [3.63, 3.8) is 0 Å². The van der Waals surface area contributed by atoms with Crippen LogP contribution in [0.4, 0.5) is 5.82 Å². The van der Waals surface area contributed by atoms with Crippen LogP contribution in [-0.4, -0.2) is 30.3 Å². The van der Waals surface area contributed by atoms with Crippen LogP contribution in [0.15, 0.2) is 36.7 Å². The van der Waals surface area contributed by atoms with Gasteiger partial charge in [0.25, 0.3) is 0 Å². The summed E-state index contributed by atoms with van der Waals surface area (Å²) in [5.41, 5.74) is 1.69. The van der Waals surface area contributed by atoms with Gasteiger partial charge >= 0.3 is 0 Å². The van der Waals surface area contributed by atoms with E-state index < -0.39 is 6.10 Å². The highest BCUT2D eigenvalue weighted by molar-refractivity contribution is 6.30. The van der Waals surface area contributed by atoms with Gasteiger partial charge in [0.2, 0.25) is 0 Å². The monoisotopic (exact) mass is 330 g/mol. The van der Waals surface area contributed by atoms with Crippen molar-refractivity contribution in [2.75, 3.05) is 5.32 Å². The van der Waals surface area contributed by atoms with Crippen LogP contribution >= 0.6 is 11.6 Å². The summed E-state index contributed by atoms with van der Waals surface area (Å²) in [5, 5.41) is 19.9. The number of nitrogens with zero attached hydrogens (tertiary/aromatic N) is 4. The second kappa shape index (κ2) is 6.72. The highest BCUT2D eigenvalue weighted by Crippen LogP contribution is 2.22. The Balaban J connectivity index is 1.72. The molecular formula is C15H15ClN6O. The maximum atomic E-state index is 9.41. The van der Waals surface area contributed by atoms with Gasteiger partial charge in [-0.3, -0.25) is 5.10 Å². The van der Waals surface area contributed by atoms with E-state index in [-0.39, 0.29) is 0 Å². The molecule has 0 fully saturated rings. The molecule has 1 atom stereocenters. The summed E-state index contributed by atoms with van der Waals surface area (Å²) in [6, 6.07) is 9.30. The minimum absolute atomic E-state index is 0.365. The Hall–Kier alpha value is -2.51. The van der Waals surface area contributed by atoms with Crippen LogP contribution in [0.5, 0.6) is 0 Å². The number of halogens is 1. The Morgan fingerprint density at radius 2 is 2.17 bits per heavy atom. The lowest BCUT2D eigenvalue weighted by Gasteiger charge is -2.06. The first-order valence-corrected chi connectivity index (χ1v) is 7.41. The molecule has 0 radical (unpaired) electrons. The number of nitrogens with one attached hydrogen (secondary N) is 2. The molecule has 0 aliphatic rings. The van der Waals surface area contributed by atoms with Crippen molar-refractivity contribution >= 4 is 17.4 Å². The average molecular weight is 331 g/mol. The second-order valence-electron chi connectivity index (χ2n) is 4.97. The molecule has 1 aromatic carbocycles. The zero-order valence-electron chi connectivity index (χ0n) is 12.4. The summed E-state index contributed by atoms with van der Waals surface area (Å²) < 4.78 is 0. The van der Waals surface area contributed by atoms with Gasteiger partial charge < -0.3 is 10.4 Å². The van der Waals surface area contributed by atoms with Crippen LogP contribution in [0.25, 0.3) is 11.3 Å². The van der Waals surface area contributed by atoms with Crippen LogP contribution in [0, 0.1) is 0 Å². The van der Waals surface area contributed by atoms with Gasteiger partial charge in [0, 0.05) is 16.7 Å². The first-order valence-electron chi connectivity index (χ1n) is 7.03. The molecule has 2 aromatic heterocycles. The number of aromatic nitrogens is 5. The van der Waals surface area contributed by atoms with Crippen LogP contribution in [0.2, 0.25) is 5.02 Å². The lowest BCUT2D eigenvalue weighted by molar-refractivity contribution is 0.189. The SMILES string of the molecule is C[C@H](O)c1n[nH]c(CNc2cc(-c3cccc(Cl)c3)ncn2)n1. The van der Waals surface area contributed by atoms with Crippen molar-refractivity contribution in [2.45, 2.75) is 19.6 Å². The maximum Gasteiger partial charge on any atom is 0.178 e. The van der Waals surface area contributed by atoms with Crippen molar-refractivity contribution in [1.29, 1.82) is 0 Å². The fourth-order valence-corrected chi connectivity index (χ4v) is 2.20. The number of rotatable bonds is 5. The molecule has 118 valence electrons. The van der Waals surface area contributed by atoms with Gasteiger partial charge in [0.15, 0.2) is 5.82 Å². The highest BCUT2D eigenvalue weighted by atomic mass is 35.5. The van der Waals surface area contributed by atoms with E-state index >= 15 is 0 Å². The summed E-state index contributed by atoms with van der Waals surface area (Å²) in [4.78, 5) is 12.6. The molecule has 0 unspecified atom stereocenters. The third-order valence-corrected chi connectivity index (χ3v) is 3.38. The number of anilines is 1. The van der Waals surface area contributed by atoms with E-state index in [1.165, 1.54) is 6.33 Å². The van der Waals surface area contributed by atoms with Crippen LogP contribution in [0.1, 0.15) is 24.7 Å². The highest BCUT2D eigenvalue weighted by Gasteiger charge is 2.08. The number of aromatic amines is 1. The van der Waals surface area contributed by atoms with Crippen LogP contribution in [-0.2, 0) is 6.54 Å². The van der Waals surface area contributed by atoms with Crippen molar-refractivity contribution in [1.82, 2.24) is 25.1 Å². The molecule has 0 spiro atoms. The number of H-pyrrole nitrogens is 1. The number of aliphatic hydroxyl groups is 1. The first-order chi connectivity index (χ1) is 11.1. The van der Waals surface area contributed by atoms with Crippen molar-refractivity contribution in [3.05, 3.63) is 53.3 Å². The molecule has 0 saturated carbocycles. The molecule has 0 amide bonds. The first kappa shape index (κ1) is 15.4. The predicted molar refractivity (Wildman–Crippen MR) is 86.8 cm³/mol. The fraction of sp³-hybridized carbons (Fsp3) is 0.200. The van der Waals surface area contributed by atoms with E-state index in [1.807, 2.05) is 30.3 Å². The molecule has 0 saturated heterocycles. The van der Waals surface area contributed by atoms with Crippen molar-refractivity contribution < 1.29 is 5.11 Å². The van der Waals surface area contributed by atoms with E-state index in [9.17, 15) is 5.11 Å². The third-order valence-electron chi connectivity index (χ3n) is 3.15. The average Bonchev–Trinajstić information content (AvgIpc) is 3.02. The van der Waals surface area contributed by atoms with Gasteiger partial charge in [-0.2, -0.15) is 5.10 Å². The molecule has 23 heavy (non-hydrogen) atoms. The molecule has 0 bridgehead atoms. The maximum absolute atomic E-state index is 9.41. The molecular weight excluding hydrogens is 316 g/mol. The van der Waals surface area contributed by atoms with Gasteiger partial charge in [0.1, 0.15) is 24.1 Å². The summed E-state index contributed by atoms with van der Waals surface area (Å²) in [6.45, 7) is 2.02. The summed E-state index contributed by atoms with van der Waals surface area (Å²) in [5.74, 6) is 1.64. The zero-order valence-corrected chi connectivity index (χ0v) is 13.1. The van der Waals surface area contributed by atoms with Gasteiger partial charge in [-0.05, 0) is 19.1 Å². The molecule has 0 aliphatic heterocycles. The normalized spacial score (nSPS) is 12.1. The summed E-state index contributed by atoms with van der Waals surface area (Å²) in [6.07, 6.45) is 0.786. The Bertz CT molecular complexity index is 804. The smallest absolute Gasteiger partial charge is 0.178 e. The summed E-state index contributed by atoms with van der Waals surface area (Å²) in [7, 11) is 0. The molecule has 3 aromatic rings. The molecule has 2 heterocycles. The molecule has 7 nitrogen and oxygen atoms in total. The van der Waals surface area contributed by atoms with Gasteiger partial charge in [-0.1, -0.05) is 23.7 Å². The van der Waals surface area contributed by atoms with E-state index in [0.717, 1.165) is 11.3 Å². The van der Waals surface area contributed by atoms with Gasteiger partial charge in [-0.25, -0.2) is 15.0 Å². The minimum Gasteiger partial charge on any atom is -0.385 e. The Labute approximate surface area is 137 Å². The molecule has 0 aliphatic carbocycles. The lowest BCUT2D eigenvalue weighted by Crippen LogP contribution is -2.04. The molecule has 3 N–H and O–H groups in total. The van der Waals surface area contributed by atoms with Crippen LogP contribution in [0.3, 0.4) is 0 Å². The number of benzene rings is 1. The van der Waals surface area contributed by atoms with Crippen molar-refractivity contribution in [3.8, 4) is 11.3 Å². The topological polar surface area (TPSA) is 99.6 Å². The van der Waals surface area contributed by atoms with Crippen molar-refractivity contribution in [2.24, 2.45) is 0 Å². The number of hydrogen-bond donors (Lipinski definition) is 3. The van der Waals surface area contributed by atoms with E-state index in [0.29, 0.717) is 29.0 Å². The summed E-state index contributed by atoms with van der Waals surface area (Å²) >= 11 is 6.00. The molecule has 3 rings (SSSR count). The Kier molecular flexibility index (Phi) is 4.50. The molecule has 8 heteroatoms. The number of aliphatic hydroxyl groups excluding tert-OH is 1. The zero-order chi connectivity index (χ0) is 16.2. The van der Waals surface area contributed by atoms with E-state index in [4.69, 9.17) is 11.6 Å². The Morgan fingerprint density at radius 3 is 2.91 bits per heavy atom. The van der Waals surface area contributed by atoms with Gasteiger partial charge in [-0.15, -0.1) is 0 Å². The van der Waals surface area contributed by atoms with Crippen LogP contribution < -0.4 is 5.32 Å².